The normalized spacial score (nSPS) is 11.2. The van der Waals surface area contributed by atoms with Crippen molar-refractivity contribution in [2.24, 2.45) is 0 Å². The quantitative estimate of drug-likeness (QED) is 0.327. The summed E-state index contributed by atoms with van der Waals surface area (Å²) in [4.78, 5) is 35.6. The van der Waals surface area contributed by atoms with E-state index in [1.807, 2.05) is 19.1 Å². The molecule has 0 unspecified atom stereocenters. The summed E-state index contributed by atoms with van der Waals surface area (Å²) >= 11 is 0. The van der Waals surface area contributed by atoms with Crippen LogP contribution < -0.4 is 16.0 Å². The van der Waals surface area contributed by atoms with Gasteiger partial charge in [-0.2, -0.15) is 0 Å². The summed E-state index contributed by atoms with van der Waals surface area (Å²) in [6, 6.07) is 13.0. The van der Waals surface area contributed by atoms with E-state index in [0.717, 1.165) is 21.9 Å². The maximum absolute atomic E-state index is 12.2. The zero-order chi connectivity index (χ0) is 22.8. The molecule has 0 saturated carbocycles. The maximum atomic E-state index is 12.2. The topological polar surface area (TPSA) is 96.0 Å². The Hall–Kier alpha value is -3.87. The number of rotatable bonds is 6. The average molecular weight is 434 g/mol. The minimum Gasteiger partial charge on any atom is -0.482 e. The summed E-state index contributed by atoms with van der Waals surface area (Å²) < 4.78 is 21.2. The predicted molar refractivity (Wildman–Crippen MR) is 119 cm³/mol. The largest absolute Gasteiger partial charge is 0.482 e. The summed E-state index contributed by atoms with van der Waals surface area (Å²) in [7, 11) is 0. The number of benzene rings is 2. The Morgan fingerprint density at radius 3 is 2.47 bits per heavy atom. The Morgan fingerprint density at radius 2 is 1.69 bits per heavy atom. The van der Waals surface area contributed by atoms with E-state index in [2.05, 4.69) is 13.8 Å². The molecule has 32 heavy (non-hydrogen) atoms. The lowest BCUT2D eigenvalue weighted by Gasteiger charge is -2.13. The van der Waals surface area contributed by atoms with Crippen LogP contribution in [0.1, 0.15) is 36.5 Å². The van der Waals surface area contributed by atoms with Gasteiger partial charge in [-0.25, -0.2) is 14.4 Å². The van der Waals surface area contributed by atoms with Gasteiger partial charge in [-0.15, -0.1) is 0 Å². The highest BCUT2D eigenvalue weighted by atomic mass is 16.6. The fourth-order valence-electron chi connectivity index (χ4n) is 3.61. The number of fused-ring (bicyclic) bond motifs is 2. The molecule has 7 nitrogen and oxygen atoms in total. The van der Waals surface area contributed by atoms with E-state index in [9.17, 15) is 14.4 Å². The van der Waals surface area contributed by atoms with Gasteiger partial charge >= 0.3 is 17.2 Å². The first-order chi connectivity index (χ1) is 15.3. The van der Waals surface area contributed by atoms with E-state index in [1.54, 1.807) is 18.2 Å². The fraction of sp³-hybridized carbons (Fsp3) is 0.240. The standard InChI is InChI=1S/C25H22O7/c1-14(2)19-11-20-17(9-24(27)32-22(20)8-15(19)3)12-30-25(28)13-29-18-6-4-16-5-7-23(26)31-21(16)10-18/h4-11,14H,12-13H2,1-3H3. The van der Waals surface area contributed by atoms with Crippen molar-refractivity contribution < 1.29 is 23.1 Å². The zero-order valence-corrected chi connectivity index (χ0v) is 18.0. The lowest BCUT2D eigenvalue weighted by Crippen LogP contribution is -2.15. The van der Waals surface area contributed by atoms with E-state index >= 15 is 0 Å². The van der Waals surface area contributed by atoms with Gasteiger partial charge < -0.3 is 18.3 Å². The van der Waals surface area contributed by atoms with Gasteiger partial charge in [-0.05, 0) is 54.3 Å². The third-order valence-corrected chi connectivity index (χ3v) is 5.18. The molecular weight excluding hydrogens is 412 g/mol. The number of aryl methyl sites for hydroxylation is 1. The first-order valence-corrected chi connectivity index (χ1v) is 10.2. The smallest absolute Gasteiger partial charge is 0.344 e. The molecule has 0 saturated heterocycles. The molecule has 0 aliphatic rings. The molecule has 2 aromatic heterocycles. The number of carbonyl (C=O) groups excluding carboxylic acids is 1. The monoisotopic (exact) mass is 434 g/mol. The molecule has 0 amide bonds. The second-order valence-electron chi connectivity index (χ2n) is 7.85. The Labute approximate surface area is 183 Å². The van der Waals surface area contributed by atoms with E-state index < -0.39 is 17.2 Å². The lowest BCUT2D eigenvalue weighted by atomic mass is 9.95. The Morgan fingerprint density at radius 1 is 0.938 bits per heavy atom. The summed E-state index contributed by atoms with van der Waals surface area (Å²) in [5.41, 5.74) is 2.58. The van der Waals surface area contributed by atoms with Crippen LogP contribution in [0.2, 0.25) is 0 Å². The molecule has 0 N–H and O–H groups in total. The Kier molecular flexibility index (Phi) is 5.81. The number of hydrogen-bond acceptors (Lipinski definition) is 7. The van der Waals surface area contributed by atoms with Gasteiger partial charge in [0.15, 0.2) is 6.61 Å². The molecule has 4 aromatic rings. The van der Waals surface area contributed by atoms with Crippen LogP contribution in [-0.4, -0.2) is 12.6 Å². The third kappa shape index (κ3) is 4.56. The summed E-state index contributed by atoms with van der Waals surface area (Å²) in [6.07, 6.45) is 0. The number of ether oxygens (including phenoxy) is 2. The SMILES string of the molecule is Cc1cc2oc(=O)cc(COC(=O)COc3ccc4ccc(=O)oc4c3)c2cc1C(C)C. The summed E-state index contributed by atoms with van der Waals surface area (Å²) in [5, 5.41) is 1.47. The van der Waals surface area contributed by atoms with Gasteiger partial charge in [0.25, 0.3) is 0 Å². The number of carbonyl (C=O) groups is 1. The molecular formula is C25H22O7. The molecule has 7 heteroatoms. The van der Waals surface area contributed by atoms with E-state index in [4.69, 9.17) is 18.3 Å². The van der Waals surface area contributed by atoms with Crippen LogP contribution in [-0.2, 0) is 16.1 Å². The highest BCUT2D eigenvalue weighted by Gasteiger charge is 2.13. The molecule has 0 aliphatic carbocycles. The van der Waals surface area contributed by atoms with Crippen LogP contribution in [0.4, 0.5) is 0 Å². The molecule has 2 aromatic carbocycles. The minimum absolute atomic E-state index is 0.0858. The molecule has 2 heterocycles. The molecule has 0 aliphatic heterocycles. The molecule has 0 bridgehead atoms. The predicted octanol–water partition coefficient (Wildman–Crippen LogP) is 4.45. The average Bonchev–Trinajstić information content (AvgIpc) is 2.74. The zero-order valence-electron chi connectivity index (χ0n) is 18.0. The highest BCUT2D eigenvalue weighted by Crippen LogP contribution is 2.27. The van der Waals surface area contributed by atoms with E-state index in [0.29, 0.717) is 28.4 Å². The summed E-state index contributed by atoms with van der Waals surface area (Å²) in [5.74, 6) is 0.0605. The van der Waals surface area contributed by atoms with Crippen molar-refractivity contribution in [3.05, 3.63) is 86.1 Å². The van der Waals surface area contributed by atoms with Crippen molar-refractivity contribution in [2.75, 3.05) is 6.61 Å². The fourth-order valence-corrected chi connectivity index (χ4v) is 3.61. The second kappa shape index (κ2) is 8.70. The number of hydrogen-bond donors (Lipinski definition) is 0. The van der Waals surface area contributed by atoms with Crippen molar-refractivity contribution >= 4 is 27.9 Å². The Balaban J connectivity index is 1.47. The van der Waals surface area contributed by atoms with Gasteiger partial charge in [-0.1, -0.05) is 13.8 Å². The molecule has 4 rings (SSSR count). The van der Waals surface area contributed by atoms with Crippen LogP contribution in [0.15, 0.2) is 67.0 Å². The van der Waals surface area contributed by atoms with Crippen molar-refractivity contribution in [1.82, 2.24) is 0 Å². The van der Waals surface area contributed by atoms with Crippen LogP contribution in [0, 0.1) is 6.92 Å². The minimum atomic E-state index is -0.600. The van der Waals surface area contributed by atoms with Gasteiger partial charge in [0.2, 0.25) is 0 Å². The first kappa shape index (κ1) is 21.4. The summed E-state index contributed by atoms with van der Waals surface area (Å²) in [6.45, 7) is 5.72. The molecule has 164 valence electrons. The van der Waals surface area contributed by atoms with Crippen LogP contribution in [0.3, 0.4) is 0 Å². The van der Waals surface area contributed by atoms with Gasteiger partial charge in [0.05, 0.1) is 0 Å². The van der Waals surface area contributed by atoms with Gasteiger partial charge in [0, 0.05) is 34.5 Å². The second-order valence-corrected chi connectivity index (χ2v) is 7.85. The van der Waals surface area contributed by atoms with Crippen molar-refractivity contribution in [2.45, 2.75) is 33.3 Å². The Bertz CT molecular complexity index is 1430. The van der Waals surface area contributed by atoms with Crippen LogP contribution >= 0.6 is 0 Å². The van der Waals surface area contributed by atoms with Crippen molar-refractivity contribution in [1.29, 1.82) is 0 Å². The molecule has 0 radical (unpaired) electrons. The molecule has 0 fully saturated rings. The molecule has 0 spiro atoms. The van der Waals surface area contributed by atoms with Crippen molar-refractivity contribution in [3.8, 4) is 5.75 Å². The maximum Gasteiger partial charge on any atom is 0.344 e. The van der Waals surface area contributed by atoms with E-state index in [-0.39, 0.29) is 13.2 Å². The van der Waals surface area contributed by atoms with Crippen molar-refractivity contribution in [3.63, 3.8) is 0 Å². The van der Waals surface area contributed by atoms with E-state index in [1.165, 1.54) is 18.2 Å². The van der Waals surface area contributed by atoms with Gasteiger partial charge in [0.1, 0.15) is 23.5 Å². The first-order valence-electron chi connectivity index (χ1n) is 10.2. The molecule has 0 atom stereocenters. The van der Waals surface area contributed by atoms with Gasteiger partial charge in [-0.3, -0.25) is 0 Å². The highest BCUT2D eigenvalue weighted by molar-refractivity contribution is 5.82. The third-order valence-electron chi connectivity index (χ3n) is 5.18. The van der Waals surface area contributed by atoms with Crippen LogP contribution in [0.25, 0.3) is 21.9 Å². The number of esters is 1. The van der Waals surface area contributed by atoms with Crippen LogP contribution in [0.5, 0.6) is 5.75 Å². The lowest BCUT2D eigenvalue weighted by molar-refractivity contribution is -0.147.